The van der Waals surface area contributed by atoms with Crippen molar-refractivity contribution >= 4 is 34.0 Å². The number of rotatable bonds is 0. The SMILES string of the molecule is Brc1ccccc1.O=C(O)OCl. The summed E-state index contributed by atoms with van der Waals surface area (Å²) >= 11 is 7.55. The predicted molar refractivity (Wildman–Crippen MR) is 49.1 cm³/mol. The van der Waals surface area contributed by atoms with Gasteiger partial charge in [-0.25, -0.2) is 4.79 Å². The number of carbonyl (C=O) groups is 1. The maximum absolute atomic E-state index is 9.01. The summed E-state index contributed by atoms with van der Waals surface area (Å²) < 4.78 is 4.27. The van der Waals surface area contributed by atoms with E-state index < -0.39 is 6.16 Å². The molecule has 1 aromatic carbocycles. The summed E-state index contributed by atoms with van der Waals surface area (Å²) in [5.74, 6) is 0. The van der Waals surface area contributed by atoms with Gasteiger partial charge in [-0.05, 0) is 12.1 Å². The lowest BCUT2D eigenvalue weighted by atomic mass is 10.4. The van der Waals surface area contributed by atoms with Crippen molar-refractivity contribution < 1.29 is 14.2 Å². The van der Waals surface area contributed by atoms with Gasteiger partial charge in [0.05, 0.1) is 0 Å². The third-order valence-electron chi connectivity index (χ3n) is 0.799. The Labute approximate surface area is 83.2 Å². The van der Waals surface area contributed by atoms with Gasteiger partial charge in [0, 0.05) is 4.47 Å². The third kappa shape index (κ3) is 7.37. The first-order valence-electron chi connectivity index (χ1n) is 2.89. The van der Waals surface area contributed by atoms with Crippen molar-refractivity contribution in [2.24, 2.45) is 0 Å². The molecule has 0 aliphatic rings. The molecule has 1 aromatic rings. The molecule has 0 aliphatic heterocycles. The molecule has 0 fully saturated rings. The lowest BCUT2D eigenvalue weighted by Crippen LogP contribution is -1.85. The first kappa shape index (κ1) is 11.3. The van der Waals surface area contributed by atoms with Crippen molar-refractivity contribution in [3.8, 4) is 0 Å². The molecule has 0 atom stereocenters. The zero-order valence-electron chi connectivity index (χ0n) is 5.91. The fourth-order valence-electron chi connectivity index (χ4n) is 0.415. The quantitative estimate of drug-likeness (QED) is 0.772. The van der Waals surface area contributed by atoms with E-state index in [0.717, 1.165) is 4.47 Å². The molecule has 5 heteroatoms. The molecule has 0 radical (unpaired) electrons. The van der Waals surface area contributed by atoms with Crippen LogP contribution in [0.4, 0.5) is 4.79 Å². The Bertz CT molecular complexity index is 227. The second kappa shape index (κ2) is 6.94. The molecule has 1 rings (SSSR count). The van der Waals surface area contributed by atoms with Crippen molar-refractivity contribution in [2.45, 2.75) is 0 Å². The van der Waals surface area contributed by atoms with E-state index in [2.05, 4.69) is 32.1 Å². The molecule has 0 aliphatic carbocycles. The topological polar surface area (TPSA) is 46.5 Å². The van der Waals surface area contributed by atoms with Crippen molar-refractivity contribution in [3.05, 3.63) is 34.8 Å². The van der Waals surface area contributed by atoms with E-state index in [0.29, 0.717) is 0 Å². The Hall–Kier alpha value is -0.740. The maximum Gasteiger partial charge on any atom is 0.524 e. The molecule has 0 bridgehead atoms. The molecular weight excluding hydrogens is 247 g/mol. The minimum absolute atomic E-state index is 1.13. The van der Waals surface area contributed by atoms with Crippen LogP contribution < -0.4 is 0 Å². The molecule has 3 nitrogen and oxygen atoms in total. The van der Waals surface area contributed by atoms with Crippen LogP contribution in [0.5, 0.6) is 0 Å². The van der Waals surface area contributed by atoms with Crippen molar-refractivity contribution in [3.63, 3.8) is 0 Å². The summed E-state index contributed by atoms with van der Waals surface area (Å²) in [6.07, 6.45) is -1.48. The Kier molecular flexibility index (Phi) is 6.51. The zero-order chi connectivity index (χ0) is 9.40. The minimum atomic E-state index is -1.48. The Morgan fingerprint density at radius 1 is 1.42 bits per heavy atom. The molecule has 66 valence electrons. The van der Waals surface area contributed by atoms with E-state index in [9.17, 15) is 0 Å². The van der Waals surface area contributed by atoms with E-state index in [-0.39, 0.29) is 0 Å². The van der Waals surface area contributed by atoms with Gasteiger partial charge in [-0.2, -0.15) is 0 Å². The summed E-state index contributed by atoms with van der Waals surface area (Å²) in [5.41, 5.74) is 0. The third-order valence-corrected chi connectivity index (χ3v) is 1.46. The molecule has 0 saturated carbocycles. The summed E-state index contributed by atoms with van der Waals surface area (Å²) in [7, 11) is 0. The van der Waals surface area contributed by atoms with Crippen LogP contribution in [0.1, 0.15) is 0 Å². The highest BCUT2D eigenvalue weighted by Crippen LogP contribution is 2.05. The normalized spacial score (nSPS) is 7.83. The second-order valence-corrected chi connectivity index (χ2v) is 2.71. The summed E-state index contributed by atoms with van der Waals surface area (Å²) in [5, 5.41) is 7.37. The molecule has 0 saturated heterocycles. The van der Waals surface area contributed by atoms with Crippen molar-refractivity contribution in [1.82, 2.24) is 0 Å². The van der Waals surface area contributed by atoms with Gasteiger partial charge in [-0.15, -0.1) is 0 Å². The van der Waals surface area contributed by atoms with E-state index in [1.54, 1.807) is 0 Å². The van der Waals surface area contributed by atoms with Crippen LogP contribution in [-0.4, -0.2) is 11.3 Å². The van der Waals surface area contributed by atoms with Gasteiger partial charge in [0.1, 0.15) is 11.9 Å². The van der Waals surface area contributed by atoms with Crippen LogP contribution in [0.25, 0.3) is 0 Å². The standard InChI is InChI=1S/C6H5Br.CHClO3/c7-6-4-2-1-3-5-6;2-5-1(3)4/h1-5H;(H,3,4). The number of carboxylic acid groups (broad SMARTS) is 1. The molecule has 0 aromatic heterocycles. The molecule has 0 unspecified atom stereocenters. The number of hydrogen-bond acceptors (Lipinski definition) is 2. The molecule has 1 N–H and O–H groups in total. The van der Waals surface area contributed by atoms with Crippen LogP contribution >= 0.6 is 27.8 Å². The fraction of sp³-hybridized carbons (Fsp3) is 0. The predicted octanol–water partition coefficient (Wildman–Crippen LogP) is 3.28. The summed E-state index contributed by atoms with van der Waals surface area (Å²) in [6, 6.07) is 9.97. The Morgan fingerprint density at radius 3 is 2.00 bits per heavy atom. The van der Waals surface area contributed by atoms with Crippen LogP contribution in [0.15, 0.2) is 34.8 Å². The largest absolute Gasteiger partial charge is 0.524 e. The molecular formula is C7H6BrClO3. The van der Waals surface area contributed by atoms with E-state index in [1.807, 2.05) is 30.3 Å². The highest BCUT2D eigenvalue weighted by molar-refractivity contribution is 9.10. The second-order valence-electron chi connectivity index (χ2n) is 1.64. The summed E-state index contributed by atoms with van der Waals surface area (Å²) in [6.45, 7) is 0. The monoisotopic (exact) mass is 252 g/mol. The van der Waals surface area contributed by atoms with Gasteiger partial charge in [-0.1, -0.05) is 34.1 Å². The van der Waals surface area contributed by atoms with E-state index in [1.165, 1.54) is 0 Å². The smallest absolute Gasteiger partial charge is 0.449 e. The van der Waals surface area contributed by atoms with Gasteiger partial charge in [-0.3, -0.25) is 0 Å². The highest BCUT2D eigenvalue weighted by atomic mass is 79.9. The van der Waals surface area contributed by atoms with Crippen LogP contribution in [0.2, 0.25) is 0 Å². The van der Waals surface area contributed by atoms with Crippen LogP contribution in [-0.2, 0) is 4.29 Å². The zero-order valence-corrected chi connectivity index (χ0v) is 8.25. The van der Waals surface area contributed by atoms with E-state index >= 15 is 0 Å². The average Bonchev–Trinajstić information content (AvgIpc) is 2.07. The first-order chi connectivity index (χ1) is 5.66. The van der Waals surface area contributed by atoms with Crippen molar-refractivity contribution in [1.29, 1.82) is 0 Å². The van der Waals surface area contributed by atoms with Gasteiger partial charge in [0.2, 0.25) is 0 Å². The summed E-state index contributed by atoms with van der Waals surface area (Å²) in [4.78, 5) is 9.01. The van der Waals surface area contributed by atoms with Gasteiger partial charge < -0.3 is 9.40 Å². The number of hydrogen-bond donors (Lipinski definition) is 1. The minimum Gasteiger partial charge on any atom is -0.449 e. The van der Waals surface area contributed by atoms with Gasteiger partial charge in [0.25, 0.3) is 0 Å². The molecule has 12 heavy (non-hydrogen) atoms. The molecule has 0 amide bonds. The van der Waals surface area contributed by atoms with Gasteiger partial charge >= 0.3 is 6.16 Å². The lowest BCUT2D eigenvalue weighted by molar-refractivity contribution is 0.149. The Morgan fingerprint density at radius 2 is 1.83 bits per heavy atom. The first-order valence-corrected chi connectivity index (χ1v) is 3.99. The number of benzene rings is 1. The lowest BCUT2D eigenvalue weighted by Gasteiger charge is -1.80. The average molecular weight is 253 g/mol. The van der Waals surface area contributed by atoms with Gasteiger partial charge in [0.15, 0.2) is 0 Å². The molecule has 0 spiro atoms. The number of halogens is 2. The van der Waals surface area contributed by atoms with Crippen LogP contribution in [0.3, 0.4) is 0 Å². The highest BCUT2D eigenvalue weighted by Gasteiger charge is 1.84. The Balaban J connectivity index is 0.000000217. The van der Waals surface area contributed by atoms with Crippen LogP contribution in [0, 0.1) is 0 Å². The molecule has 0 heterocycles. The van der Waals surface area contributed by atoms with E-state index in [4.69, 9.17) is 9.90 Å². The fourth-order valence-corrected chi connectivity index (χ4v) is 0.720. The van der Waals surface area contributed by atoms with Crippen molar-refractivity contribution in [2.75, 3.05) is 0 Å². The maximum atomic E-state index is 9.01.